The summed E-state index contributed by atoms with van der Waals surface area (Å²) in [6.07, 6.45) is 0. The molecule has 3 rings (SSSR count). The standard InChI is InChI=1S/C18H17Cl4N3S/c19-13-3-1-4-14(20)12(13)11-24-7-9-25(10-8-24)18(26)23-16-6-2-5-15(21)17(16)22/h1-6H,7-11H2,(H,23,26). The molecule has 0 radical (unpaired) electrons. The molecule has 0 aliphatic carbocycles. The van der Waals surface area contributed by atoms with Crippen molar-refractivity contribution in [2.75, 3.05) is 31.5 Å². The predicted molar refractivity (Wildman–Crippen MR) is 116 cm³/mol. The van der Waals surface area contributed by atoms with Gasteiger partial charge in [-0.15, -0.1) is 0 Å². The molecule has 1 aliphatic heterocycles. The third kappa shape index (κ3) is 4.75. The quantitative estimate of drug-likeness (QED) is 0.596. The fourth-order valence-corrected chi connectivity index (χ4v) is 3.97. The number of benzene rings is 2. The van der Waals surface area contributed by atoms with Crippen molar-refractivity contribution in [3.8, 4) is 0 Å². The molecular formula is C18H17Cl4N3S. The van der Waals surface area contributed by atoms with Gasteiger partial charge in [-0.25, -0.2) is 0 Å². The first-order chi connectivity index (χ1) is 12.5. The minimum atomic E-state index is 0.475. The van der Waals surface area contributed by atoms with Crippen LogP contribution >= 0.6 is 58.6 Å². The zero-order valence-corrected chi connectivity index (χ0v) is 17.7. The largest absolute Gasteiger partial charge is 0.346 e. The Labute approximate surface area is 178 Å². The van der Waals surface area contributed by atoms with Gasteiger partial charge in [-0.2, -0.15) is 0 Å². The van der Waals surface area contributed by atoms with Gasteiger partial charge < -0.3 is 10.2 Å². The molecule has 0 bridgehead atoms. The van der Waals surface area contributed by atoms with E-state index in [1.807, 2.05) is 30.3 Å². The number of nitrogens with one attached hydrogen (secondary N) is 1. The normalized spacial score (nSPS) is 15.2. The second-order valence-corrected chi connectivity index (χ2v) is 7.98. The van der Waals surface area contributed by atoms with Crippen LogP contribution in [-0.2, 0) is 6.54 Å². The van der Waals surface area contributed by atoms with Crippen molar-refractivity contribution < 1.29 is 0 Å². The molecule has 26 heavy (non-hydrogen) atoms. The first-order valence-corrected chi connectivity index (χ1v) is 10.0. The molecule has 0 unspecified atom stereocenters. The highest BCUT2D eigenvalue weighted by Gasteiger charge is 2.21. The molecule has 0 atom stereocenters. The number of piperazine rings is 1. The second-order valence-electron chi connectivity index (χ2n) is 5.99. The van der Waals surface area contributed by atoms with Crippen molar-refractivity contribution in [2.45, 2.75) is 6.54 Å². The zero-order chi connectivity index (χ0) is 18.7. The zero-order valence-electron chi connectivity index (χ0n) is 13.8. The second kappa shape index (κ2) is 8.96. The summed E-state index contributed by atoms with van der Waals surface area (Å²) < 4.78 is 0. The SMILES string of the molecule is S=C(Nc1cccc(Cl)c1Cl)N1CCN(Cc2c(Cl)cccc2Cl)CC1. The van der Waals surface area contributed by atoms with Crippen LogP contribution in [0.2, 0.25) is 20.1 Å². The average Bonchev–Trinajstić information content (AvgIpc) is 2.63. The maximum Gasteiger partial charge on any atom is 0.173 e. The lowest BCUT2D eigenvalue weighted by Gasteiger charge is -2.36. The van der Waals surface area contributed by atoms with Crippen molar-refractivity contribution in [1.29, 1.82) is 0 Å². The van der Waals surface area contributed by atoms with Crippen molar-refractivity contribution in [3.05, 3.63) is 62.1 Å². The van der Waals surface area contributed by atoms with E-state index in [0.29, 0.717) is 25.2 Å². The Morgan fingerprint density at radius 2 is 1.46 bits per heavy atom. The Morgan fingerprint density at radius 3 is 2.12 bits per heavy atom. The van der Waals surface area contributed by atoms with E-state index >= 15 is 0 Å². The summed E-state index contributed by atoms with van der Waals surface area (Å²) in [4.78, 5) is 4.44. The van der Waals surface area contributed by atoms with Gasteiger partial charge in [0.25, 0.3) is 0 Å². The van der Waals surface area contributed by atoms with E-state index in [0.717, 1.165) is 44.0 Å². The number of anilines is 1. The van der Waals surface area contributed by atoms with Crippen molar-refractivity contribution >= 4 is 69.4 Å². The molecule has 138 valence electrons. The van der Waals surface area contributed by atoms with E-state index in [2.05, 4.69) is 15.1 Å². The Balaban J connectivity index is 1.56. The number of rotatable bonds is 3. The lowest BCUT2D eigenvalue weighted by Crippen LogP contribution is -2.49. The lowest BCUT2D eigenvalue weighted by atomic mass is 10.2. The smallest absolute Gasteiger partial charge is 0.173 e. The van der Waals surface area contributed by atoms with Crippen LogP contribution in [0.25, 0.3) is 0 Å². The molecule has 2 aromatic rings. The fraction of sp³-hybridized carbons (Fsp3) is 0.278. The minimum Gasteiger partial charge on any atom is -0.346 e. The number of hydrogen-bond donors (Lipinski definition) is 1. The van der Waals surface area contributed by atoms with Gasteiger partial charge >= 0.3 is 0 Å². The van der Waals surface area contributed by atoms with Crippen LogP contribution in [0.5, 0.6) is 0 Å². The molecule has 0 amide bonds. The Kier molecular flexibility index (Phi) is 6.89. The van der Waals surface area contributed by atoms with Gasteiger partial charge in [-0.05, 0) is 36.5 Å². The highest BCUT2D eigenvalue weighted by Crippen LogP contribution is 2.30. The van der Waals surface area contributed by atoms with Gasteiger partial charge in [0.1, 0.15) is 0 Å². The molecule has 1 N–H and O–H groups in total. The first-order valence-electron chi connectivity index (χ1n) is 8.11. The summed E-state index contributed by atoms with van der Waals surface area (Å²) in [6, 6.07) is 11.0. The highest BCUT2D eigenvalue weighted by molar-refractivity contribution is 7.80. The summed E-state index contributed by atoms with van der Waals surface area (Å²) >= 11 is 30.3. The molecule has 1 fully saturated rings. The van der Waals surface area contributed by atoms with E-state index in [4.69, 9.17) is 58.6 Å². The number of thiocarbonyl (C=S) groups is 1. The Bertz CT molecular complexity index is 787. The predicted octanol–water partition coefficient (Wildman–Crippen LogP) is 5.81. The van der Waals surface area contributed by atoms with Crippen LogP contribution in [0.3, 0.4) is 0 Å². The van der Waals surface area contributed by atoms with Gasteiger partial charge in [0.2, 0.25) is 0 Å². The van der Waals surface area contributed by atoms with E-state index in [9.17, 15) is 0 Å². The van der Waals surface area contributed by atoms with Crippen molar-refractivity contribution in [1.82, 2.24) is 9.80 Å². The van der Waals surface area contributed by atoms with Crippen LogP contribution in [0.1, 0.15) is 5.56 Å². The van der Waals surface area contributed by atoms with Crippen LogP contribution in [0.4, 0.5) is 5.69 Å². The van der Waals surface area contributed by atoms with Crippen LogP contribution < -0.4 is 5.32 Å². The molecule has 3 nitrogen and oxygen atoms in total. The van der Waals surface area contributed by atoms with E-state index < -0.39 is 0 Å². The van der Waals surface area contributed by atoms with Crippen molar-refractivity contribution in [2.24, 2.45) is 0 Å². The molecule has 2 aromatic carbocycles. The van der Waals surface area contributed by atoms with Gasteiger partial charge in [0.05, 0.1) is 15.7 Å². The Hall–Kier alpha value is -0.750. The lowest BCUT2D eigenvalue weighted by molar-refractivity contribution is 0.177. The fourth-order valence-electron chi connectivity index (χ4n) is 2.81. The van der Waals surface area contributed by atoms with E-state index in [1.165, 1.54) is 0 Å². The number of halogens is 4. The van der Waals surface area contributed by atoms with Gasteiger partial charge in [-0.3, -0.25) is 4.90 Å². The van der Waals surface area contributed by atoms with Gasteiger partial charge in [-0.1, -0.05) is 58.5 Å². The Morgan fingerprint density at radius 1 is 0.885 bits per heavy atom. The van der Waals surface area contributed by atoms with Gasteiger partial charge in [0, 0.05) is 48.3 Å². The molecule has 8 heteroatoms. The van der Waals surface area contributed by atoms with Crippen LogP contribution in [-0.4, -0.2) is 41.1 Å². The monoisotopic (exact) mass is 447 g/mol. The minimum absolute atomic E-state index is 0.475. The van der Waals surface area contributed by atoms with E-state index in [1.54, 1.807) is 6.07 Å². The molecule has 0 aromatic heterocycles. The topological polar surface area (TPSA) is 18.5 Å². The third-order valence-corrected chi connectivity index (χ3v) is 6.18. The third-order valence-electron chi connectivity index (χ3n) is 4.30. The summed E-state index contributed by atoms with van der Waals surface area (Å²) in [6.45, 7) is 4.09. The van der Waals surface area contributed by atoms with E-state index in [-0.39, 0.29) is 0 Å². The molecule has 0 saturated carbocycles. The summed E-state index contributed by atoms with van der Waals surface area (Å²) in [5.74, 6) is 0. The molecule has 1 heterocycles. The first kappa shape index (κ1) is 20.0. The van der Waals surface area contributed by atoms with Gasteiger partial charge in [0.15, 0.2) is 5.11 Å². The molecular weight excluding hydrogens is 432 g/mol. The average molecular weight is 449 g/mol. The molecule has 1 aliphatic rings. The summed E-state index contributed by atoms with van der Waals surface area (Å²) in [7, 11) is 0. The highest BCUT2D eigenvalue weighted by atomic mass is 35.5. The molecule has 0 spiro atoms. The molecule has 1 saturated heterocycles. The maximum absolute atomic E-state index is 6.27. The van der Waals surface area contributed by atoms with Crippen LogP contribution in [0, 0.1) is 0 Å². The summed E-state index contributed by atoms with van der Waals surface area (Å²) in [5, 5.41) is 6.21. The van der Waals surface area contributed by atoms with Crippen molar-refractivity contribution in [3.63, 3.8) is 0 Å². The summed E-state index contributed by atoms with van der Waals surface area (Å²) in [5.41, 5.74) is 1.69. The maximum atomic E-state index is 6.27. The van der Waals surface area contributed by atoms with Crippen LogP contribution in [0.15, 0.2) is 36.4 Å². The number of hydrogen-bond acceptors (Lipinski definition) is 2. The number of nitrogens with zero attached hydrogens (tertiary/aromatic N) is 2.